The predicted octanol–water partition coefficient (Wildman–Crippen LogP) is 1.54. The van der Waals surface area contributed by atoms with E-state index in [0.717, 1.165) is 19.4 Å². The fourth-order valence-electron chi connectivity index (χ4n) is 1.44. The van der Waals surface area contributed by atoms with Crippen LogP contribution < -0.4 is 0 Å². The summed E-state index contributed by atoms with van der Waals surface area (Å²) in [7, 11) is 0. The van der Waals surface area contributed by atoms with Gasteiger partial charge in [-0.1, -0.05) is 11.8 Å². The molecule has 0 aromatic carbocycles. The highest BCUT2D eigenvalue weighted by Crippen LogP contribution is 2.26. The summed E-state index contributed by atoms with van der Waals surface area (Å²) in [5.41, 5.74) is -0.377. The molecule has 0 radical (unpaired) electrons. The molecule has 0 N–H and O–H groups in total. The molecule has 0 aromatic heterocycles. The van der Waals surface area contributed by atoms with Crippen LogP contribution in [0.4, 0.5) is 0 Å². The molecule has 2 atom stereocenters. The predicted molar refractivity (Wildman–Crippen MR) is 56.7 cm³/mol. The van der Waals surface area contributed by atoms with E-state index in [1.54, 1.807) is 0 Å². The minimum absolute atomic E-state index is 0.0693. The van der Waals surface area contributed by atoms with Gasteiger partial charge in [-0.2, -0.15) is 0 Å². The van der Waals surface area contributed by atoms with E-state index >= 15 is 0 Å². The Bertz CT molecular complexity index is 259. The van der Waals surface area contributed by atoms with Gasteiger partial charge < -0.3 is 14.2 Å². The maximum atomic E-state index is 5.69. The van der Waals surface area contributed by atoms with Gasteiger partial charge in [0.05, 0.1) is 12.5 Å². The van der Waals surface area contributed by atoms with Crippen molar-refractivity contribution in [2.45, 2.75) is 31.2 Å². The van der Waals surface area contributed by atoms with Crippen LogP contribution in [0.5, 0.6) is 0 Å². The lowest BCUT2D eigenvalue weighted by molar-refractivity contribution is -0.154. The fraction of sp³-hybridized carbons (Fsp3) is 0.818. The summed E-state index contributed by atoms with van der Waals surface area (Å²) in [6, 6.07) is 0. The van der Waals surface area contributed by atoms with Crippen LogP contribution in [0.25, 0.3) is 0 Å². The van der Waals surface area contributed by atoms with E-state index in [9.17, 15) is 0 Å². The quantitative estimate of drug-likeness (QED) is 0.419. The van der Waals surface area contributed by atoms with Gasteiger partial charge in [0, 0.05) is 6.61 Å². The van der Waals surface area contributed by atoms with Crippen LogP contribution >= 0.6 is 11.6 Å². The van der Waals surface area contributed by atoms with Crippen molar-refractivity contribution in [3.63, 3.8) is 0 Å². The van der Waals surface area contributed by atoms with E-state index in [0.29, 0.717) is 19.1 Å². The third kappa shape index (κ3) is 3.35. The van der Waals surface area contributed by atoms with Gasteiger partial charge >= 0.3 is 0 Å². The van der Waals surface area contributed by atoms with Gasteiger partial charge in [-0.3, -0.25) is 0 Å². The molecule has 4 heteroatoms. The van der Waals surface area contributed by atoms with Crippen LogP contribution in [0.15, 0.2) is 0 Å². The Labute approximate surface area is 95.0 Å². The minimum atomic E-state index is -0.377. The van der Waals surface area contributed by atoms with E-state index in [-0.39, 0.29) is 11.9 Å². The Morgan fingerprint density at radius 2 is 2.33 bits per heavy atom. The average molecular weight is 231 g/mol. The molecule has 2 fully saturated rings. The average Bonchev–Trinajstić information content (AvgIpc) is 3.07. The number of epoxide rings is 1. The van der Waals surface area contributed by atoms with Crippen LogP contribution in [0.2, 0.25) is 0 Å². The lowest BCUT2D eigenvalue weighted by Gasteiger charge is -2.21. The highest BCUT2D eigenvalue weighted by atomic mass is 35.5. The lowest BCUT2D eigenvalue weighted by atomic mass is 10.2. The molecule has 15 heavy (non-hydrogen) atoms. The molecular formula is C11H15ClO3. The first kappa shape index (κ1) is 11.2. The first-order chi connectivity index (χ1) is 7.35. The Kier molecular flexibility index (Phi) is 3.87. The summed E-state index contributed by atoms with van der Waals surface area (Å²) >= 11 is 5.69. The van der Waals surface area contributed by atoms with Crippen molar-refractivity contribution in [3.05, 3.63) is 0 Å². The van der Waals surface area contributed by atoms with E-state index in [2.05, 4.69) is 11.8 Å². The number of hydrogen-bond acceptors (Lipinski definition) is 3. The number of alkyl halides is 1. The lowest BCUT2D eigenvalue weighted by Crippen LogP contribution is -2.22. The zero-order chi connectivity index (χ0) is 10.6. The molecule has 2 heterocycles. The normalized spacial score (nSPS) is 34.3. The molecule has 2 rings (SSSR count). The largest absolute Gasteiger partial charge is 0.355 e. The third-order valence-electron chi connectivity index (χ3n) is 2.50. The number of hydrogen-bond donors (Lipinski definition) is 0. The van der Waals surface area contributed by atoms with Gasteiger partial charge in [0.2, 0.25) is 0 Å². The van der Waals surface area contributed by atoms with Crippen molar-refractivity contribution in [1.29, 1.82) is 0 Å². The first-order valence-electron chi connectivity index (χ1n) is 5.28. The smallest absolute Gasteiger partial charge is 0.165 e. The topological polar surface area (TPSA) is 31.0 Å². The van der Waals surface area contributed by atoms with Crippen molar-refractivity contribution in [2.24, 2.45) is 0 Å². The number of halogens is 1. The molecule has 3 nitrogen and oxygen atoms in total. The number of ether oxygens (including phenoxy) is 3. The third-order valence-corrected chi connectivity index (χ3v) is 2.94. The van der Waals surface area contributed by atoms with E-state index in [1.165, 1.54) is 6.42 Å². The molecule has 0 bridgehead atoms. The molecule has 84 valence electrons. The van der Waals surface area contributed by atoms with Crippen LogP contribution in [0, 0.1) is 11.8 Å². The monoisotopic (exact) mass is 230 g/mol. The summed E-state index contributed by atoms with van der Waals surface area (Å²) in [5, 5.41) is 0. The van der Waals surface area contributed by atoms with Crippen LogP contribution in [0.1, 0.15) is 19.3 Å². The van der Waals surface area contributed by atoms with Crippen molar-refractivity contribution < 1.29 is 14.2 Å². The molecule has 2 aliphatic rings. The minimum Gasteiger partial charge on any atom is -0.355 e. The molecule has 0 aromatic rings. The summed E-state index contributed by atoms with van der Waals surface area (Å²) in [6.07, 6.45) is 3.21. The summed E-state index contributed by atoms with van der Waals surface area (Å²) in [6.45, 7) is 1.84. The highest BCUT2D eigenvalue weighted by molar-refractivity contribution is 6.19. The highest BCUT2D eigenvalue weighted by Gasteiger charge is 2.42. The summed E-state index contributed by atoms with van der Waals surface area (Å²) in [5.74, 6) is 6.33. The Hall–Kier alpha value is -0.270. The van der Waals surface area contributed by atoms with Gasteiger partial charge in [-0.15, -0.1) is 11.6 Å². The van der Waals surface area contributed by atoms with Crippen molar-refractivity contribution >= 4 is 11.6 Å². The zero-order valence-electron chi connectivity index (χ0n) is 8.63. The van der Waals surface area contributed by atoms with Gasteiger partial charge in [-0.05, 0) is 19.3 Å². The van der Waals surface area contributed by atoms with Crippen LogP contribution in [0.3, 0.4) is 0 Å². The number of rotatable bonds is 3. The van der Waals surface area contributed by atoms with Gasteiger partial charge in [-0.25, -0.2) is 0 Å². The van der Waals surface area contributed by atoms with Gasteiger partial charge in [0.15, 0.2) is 11.9 Å². The summed E-state index contributed by atoms with van der Waals surface area (Å²) < 4.78 is 16.0. The molecule has 0 amide bonds. The molecule has 2 unspecified atom stereocenters. The second kappa shape index (κ2) is 5.18. The van der Waals surface area contributed by atoms with E-state index in [1.807, 2.05) is 0 Å². The van der Waals surface area contributed by atoms with Gasteiger partial charge in [0.1, 0.15) is 6.61 Å². The Morgan fingerprint density at radius 1 is 1.47 bits per heavy atom. The SMILES string of the molecule is ClCC1(C#CCOC2CCCCO2)CO1. The zero-order valence-corrected chi connectivity index (χ0v) is 9.39. The second-order valence-corrected chi connectivity index (χ2v) is 4.09. The molecule has 2 aliphatic heterocycles. The van der Waals surface area contributed by atoms with Crippen LogP contribution in [-0.2, 0) is 14.2 Å². The van der Waals surface area contributed by atoms with E-state index in [4.69, 9.17) is 25.8 Å². The standard InChI is InChI=1S/C11H15ClO3/c12-8-11(9-15-11)5-3-7-14-10-4-1-2-6-13-10/h10H,1-2,4,6-9H2. The molecular weight excluding hydrogens is 216 g/mol. The molecule has 0 spiro atoms. The molecule has 2 saturated heterocycles. The Morgan fingerprint density at radius 3 is 2.93 bits per heavy atom. The second-order valence-electron chi connectivity index (χ2n) is 3.83. The fourth-order valence-corrected chi connectivity index (χ4v) is 1.67. The van der Waals surface area contributed by atoms with Gasteiger partial charge in [0.25, 0.3) is 0 Å². The van der Waals surface area contributed by atoms with E-state index < -0.39 is 0 Å². The van der Waals surface area contributed by atoms with Crippen molar-refractivity contribution in [2.75, 3.05) is 25.7 Å². The van der Waals surface area contributed by atoms with Crippen molar-refractivity contribution in [1.82, 2.24) is 0 Å². The maximum Gasteiger partial charge on any atom is 0.165 e. The first-order valence-corrected chi connectivity index (χ1v) is 5.81. The summed E-state index contributed by atoms with van der Waals surface area (Å²) in [4.78, 5) is 0. The Balaban J connectivity index is 1.65. The maximum absolute atomic E-state index is 5.69. The molecule has 0 saturated carbocycles. The van der Waals surface area contributed by atoms with Crippen molar-refractivity contribution in [3.8, 4) is 11.8 Å². The molecule has 0 aliphatic carbocycles. The van der Waals surface area contributed by atoms with Crippen LogP contribution in [-0.4, -0.2) is 37.6 Å².